The first-order valence-electron chi connectivity index (χ1n) is 5.75. The third kappa shape index (κ3) is 5.51. The van der Waals surface area contributed by atoms with E-state index in [4.69, 9.17) is 11.0 Å². The molecule has 0 fully saturated rings. The number of nitrogen functional groups attached to an aromatic ring is 1. The zero-order chi connectivity index (χ0) is 14.3. The van der Waals surface area contributed by atoms with Crippen molar-refractivity contribution in [1.29, 1.82) is 5.26 Å². The highest BCUT2D eigenvalue weighted by atomic mass is 32.2. The molecule has 5 nitrogen and oxygen atoms in total. The first-order valence-corrected chi connectivity index (χ1v) is 8.34. The number of benzene rings is 1. The summed E-state index contributed by atoms with van der Waals surface area (Å²) in [6.07, 6.45) is 0.206. The van der Waals surface area contributed by atoms with Crippen molar-refractivity contribution >= 4 is 27.5 Å². The Kier molecular flexibility index (Phi) is 6.15. The number of hydrogen-bond donors (Lipinski definition) is 1. The van der Waals surface area contributed by atoms with Crippen molar-refractivity contribution < 1.29 is 8.42 Å². The number of hydrogen-bond acceptors (Lipinski definition) is 5. The number of nitrogens with two attached hydrogens (primary N) is 1. The van der Waals surface area contributed by atoms with Crippen LogP contribution in [-0.2, 0) is 10.0 Å². The molecule has 7 heteroatoms. The van der Waals surface area contributed by atoms with Crippen molar-refractivity contribution in [2.45, 2.75) is 11.3 Å². The van der Waals surface area contributed by atoms with Gasteiger partial charge in [-0.1, -0.05) is 6.07 Å². The van der Waals surface area contributed by atoms with Gasteiger partial charge in [0, 0.05) is 36.3 Å². The van der Waals surface area contributed by atoms with E-state index in [9.17, 15) is 8.42 Å². The Morgan fingerprint density at radius 1 is 1.47 bits per heavy atom. The molecule has 0 bridgehead atoms. The highest BCUT2D eigenvalue weighted by Crippen LogP contribution is 2.20. The Hall–Kier alpha value is -1.23. The van der Waals surface area contributed by atoms with Crippen LogP contribution in [0.5, 0.6) is 0 Å². The predicted molar refractivity (Wildman–Crippen MR) is 78.2 cm³/mol. The summed E-state index contributed by atoms with van der Waals surface area (Å²) in [5.74, 6) is 0.511. The van der Waals surface area contributed by atoms with Crippen LogP contribution in [0.1, 0.15) is 6.42 Å². The van der Waals surface area contributed by atoms with Crippen molar-refractivity contribution in [3.8, 4) is 6.07 Å². The molecule has 0 unspecified atom stereocenters. The molecule has 0 amide bonds. The van der Waals surface area contributed by atoms with Gasteiger partial charge in [-0.15, -0.1) is 11.8 Å². The maximum atomic E-state index is 11.9. The quantitative estimate of drug-likeness (QED) is 0.609. The van der Waals surface area contributed by atoms with E-state index in [0.29, 0.717) is 11.4 Å². The van der Waals surface area contributed by atoms with E-state index in [-0.39, 0.29) is 18.7 Å². The number of rotatable bonds is 7. The third-order valence-electron chi connectivity index (χ3n) is 2.48. The lowest BCUT2D eigenvalue weighted by molar-refractivity contribution is 0.478. The molecule has 0 aliphatic rings. The zero-order valence-electron chi connectivity index (χ0n) is 10.7. The Morgan fingerprint density at radius 2 is 2.21 bits per heavy atom. The molecule has 2 N–H and O–H groups in total. The summed E-state index contributed by atoms with van der Waals surface area (Å²) in [6, 6.07) is 9.27. The largest absolute Gasteiger partial charge is 0.399 e. The topological polar surface area (TPSA) is 87.2 Å². The molecule has 0 saturated heterocycles. The second-order valence-corrected chi connectivity index (χ2v) is 7.33. The second kappa shape index (κ2) is 7.38. The molecule has 0 aromatic heterocycles. The van der Waals surface area contributed by atoms with Crippen molar-refractivity contribution in [1.82, 2.24) is 4.31 Å². The number of anilines is 1. The smallest absolute Gasteiger partial charge is 0.214 e. The number of nitrogens with zero attached hydrogens (tertiary/aromatic N) is 2. The second-order valence-electron chi connectivity index (χ2n) is 3.97. The molecular formula is C12H17N3O2S2. The van der Waals surface area contributed by atoms with E-state index < -0.39 is 10.0 Å². The number of sulfonamides is 1. The van der Waals surface area contributed by atoms with E-state index in [1.54, 1.807) is 6.07 Å². The molecule has 0 aliphatic carbocycles. The van der Waals surface area contributed by atoms with Crippen molar-refractivity contribution in [2.24, 2.45) is 0 Å². The van der Waals surface area contributed by atoms with Gasteiger partial charge in [0.15, 0.2) is 0 Å². The van der Waals surface area contributed by atoms with Crippen LogP contribution in [-0.4, -0.2) is 37.8 Å². The van der Waals surface area contributed by atoms with Gasteiger partial charge in [-0.05, 0) is 18.2 Å². The molecule has 0 spiro atoms. The third-order valence-corrected chi connectivity index (χ3v) is 5.59. The average Bonchev–Trinajstić information content (AvgIpc) is 2.35. The number of thioether (sulfide) groups is 1. The summed E-state index contributed by atoms with van der Waals surface area (Å²) < 4.78 is 25.0. The predicted octanol–water partition coefficient (Wildman–Crippen LogP) is 1.54. The molecule has 104 valence electrons. The Balaban J connectivity index is 2.46. The van der Waals surface area contributed by atoms with Gasteiger partial charge in [0.05, 0.1) is 11.8 Å². The van der Waals surface area contributed by atoms with Crippen LogP contribution in [0.2, 0.25) is 0 Å². The van der Waals surface area contributed by atoms with Crippen LogP contribution >= 0.6 is 11.8 Å². The fraction of sp³-hybridized carbons (Fsp3) is 0.417. The van der Waals surface area contributed by atoms with Gasteiger partial charge in [-0.3, -0.25) is 0 Å². The van der Waals surface area contributed by atoms with E-state index in [0.717, 1.165) is 4.90 Å². The van der Waals surface area contributed by atoms with E-state index >= 15 is 0 Å². The molecule has 1 aromatic carbocycles. The average molecular weight is 299 g/mol. The standard InChI is InChI=1S/C12H17N3O2S2/c1-15(7-3-6-13)19(16,17)9-8-18-12-5-2-4-11(14)10-12/h2,4-5,10H,3,7-9,14H2,1H3. The van der Waals surface area contributed by atoms with Crippen LogP contribution in [0.3, 0.4) is 0 Å². The van der Waals surface area contributed by atoms with Gasteiger partial charge in [0.2, 0.25) is 10.0 Å². The van der Waals surface area contributed by atoms with Gasteiger partial charge in [0.25, 0.3) is 0 Å². The molecule has 0 heterocycles. The maximum Gasteiger partial charge on any atom is 0.214 e. The van der Waals surface area contributed by atoms with Gasteiger partial charge in [0.1, 0.15) is 0 Å². The normalized spacial score (nSPS) is 11.4. The van der Waals surface area contributed by atoms with Gasteiger partial charge < -0.3 is 5.73 Å². The maximum absolute atomic E-state index is 11.9. The summed E-state index contributed by atoms with van der Waals surface area (Å²) in [4.78, 5) is 0.954. The van der Waals surface area contributed by atoms with Crippen molar-refractivity contribution in [3.63, 3.8) is 0 Å². The van der Waals surface area contributed by atoms with E-state index in [1.165, 1.54) is 23.1 Å². The molecule has 19 heavy (non-hydrogen) atoms. The van der Waals surface area contributed by atoms with Gasteiger partial charge in [-0.25, -0.2) is 12.7 Å². The minimum absolute atomic E-state index is 0.0500. The summed E-state index contributed by atoms with van der Waals surface area (Å²) >= 11 is 1.45. The first kappa shape index (κ1) is 15.8. The Morgan fingerprint density at radius 3 is 2.84 bits per heavy atom. The van der Waals surface area contributed by atoms with Crippen LogP contribution in [0.25, 0.3) is 0 Å². The minimum atomic E-state index is -3.28. The molecule has 0 atom stereocenters. The molecule has 0 radical (unpaired) electrons. The van der Waals surface area contributed by atoms with Crippen LogP contribution < -0.4 is 5.73 Å². The Labute approximate surface area is 118 Å². The molecule has 0 saturated carbocycles. The van der Waals surface area contributed by atoms with E-state index in [2.05, 4.69) is 0 Å². The molecule has 1 aromatic rings. The summed E-state index contributed by atoms with van der Waals surface area (Å²) in [6.45, 7) is 0.238. The highest BCUT2D eigenvalue weighted by molar-refractivity contribution is 8.00. The van der Waals surface area contributed by atoms with Crippen LogP contribution in [0.15, 0.2) is 29.2 Å². The highest BCUT2D eigenvalue weighted by Gasteiger charge is 2.16. The molecule has 0 aliphatic heterocycles. The molecular weight excluding hydrogens is 282 g/mol. The van der Waals surface area contributed by atoms with Crippen LogP contribution in [0, 0.1) is 11.3 Å². The molecule has 1 rings (SSSR count). The lowest BCUT2D eigenvalue weighted by Gasteiger charge is -2.15. The Bertz CT molecular complexity index is 552. The van der Waals surface area contributed by atoms with Crippen molar-refractivity contribution in [3.05, 3.63) is 24.3 Å². The number of nitriles is 1. The first-order chi connectivity index (χ1) is 8.95. The van der Waals surface area contributed by atoms with E-state index in [1.807, 2.05) is 24.3 Å². The lowest BCUT2D eigenvalue weighted by Crippen LogP contribution is -2.30. The fourth-order valence-electron chi connectivity index (χ4n) is 1.37. The van der Waals surface area contributed by atoms with Crippen molar-refractivity contribution in [2.75, 3.05) is 30.8 Å². The zero-order valence-corrected chi connectivity index (χ0v) is 12.4. The monoisotopic (exact) mass is 299 g/mol. The summed E-state index contributed by atoms with van der Waals surface area (Å²) in [5, 5.41) is 8.44. The summed E-state index contributed by atoms with van der Waals surface area (Å²) in [5.41, 5.74) is 6.31. The van der Waals surface area contributed by atoms with Gasteiger partial charge in [-0.2, -0.15) is 5.26 Å². The fourth-order valence-corrected chi connectivity index (χ4v) is 3.86. The SMILES string of the molecule is CN(CCC#N)S(=O)(=O)CCSc1cccc(N)c1. The minimum Gasteiger partial charge on any atom is -0.399 e. The lowest BCUT2D eigenvalue weighted by atomic mass is 10.3. The summed E-state index contributed by atoms with van der Waals surface area (Å²) in [7, 11) is -1.78. The van der Waals surface area contributed by atoms with Crippen LogP contribution in [0.4, 0.5) is 5.69 Å². The van der Waals surface area contributed by atoms with Gasteiger partial charge >= 0.3 is 0 Å².